The Hall–Kier alpha value is -2.46. The second kappa shape index (κ2) is 65.2. The van der Waals surface area contributed by atoms with Gasteiger partial charge in [-0.15, -0.1) is 0 Å². The second-order valence-electron chi connectivity index (χ2n) is 27.8. The van der Waals surface area contributed by atoms with Gasteiger partial charge in [0.25, 0.3) is 0 Å². The number of carbonyl (C=O) groups is 4. The molecule has 3 N–H and O–H groups in total. The van der Waals surface area contributed by atoms with Gasteiger partial charge in [-0.25, -0.2) is 9.13 Å². The van der Waals surface area contributed by atoms with Crippen LogP contribution in [-0.2, 0) is 65.4 Å². The fourth-order valence-corrected chi connectivity index (χ4v) is 12.5. The zero-order chi connectivity index (χ0) is 69.4. The number of ether oxygens (including phenoxy) is 4. The first kappa shape index (κ1) is 91.5. The van der Waals surface area contributed by atoms with Crippen molar-refractivity contribution in [2.24, 2.45) is 17.8 Å². The first-order chi connectivity index (χ1) is 45.2. The standard InChI is InChI=1S/C75H142O17P2/c1-8-9-10-11-12-13-14-15-16-19-22-28-35-42-49-56-72(77)85-62-70(91-74(79)58-51-44-36-29-23-20-17-18-21-26-32-39-46-53-66(2)3)64-89-93(81,82)87-60-69(76)61-88-94(83,84)90-65-71(63-86-73(78)57-50-43-38-31-34-41-48-55-68(6)7)92-75(80)59-52-45-37-30-25-24-27-33-40-47-54-67(4)5/h13-16,66-71,76H,8-12,17-65H2,1-7H3,(H,81,82)(H,83,84)/b14-13-,16-15-/t69?,70-,71-/m1/s1. The quantitative estimate of drug-likeness (QED) is 0.0169. The van der Waals surface area contributed by atoms with E-state index in [1.165, 1.54) is 141 Å². The van der Waals surface area contributed by atoms with Crippen molar-refractivity contribution < 1.29 is 80.2 Å². The average Bonchev–Trinajstić information content (AvgIpc) is 1.13. The normalized spacial score (nSPS) is 14.3. The summed E-state index contributed by atoms with van der Waals surface area (Å²) in [7, 11) is -9.92. The number of phosphoric ester groups is 2. The Morgan fingerprint density at radius 1 is 0.330 bits per heavy atom. The fourth-order valence-electron chi connectivity index (χ4n) is 10.9. The van der Waals surface area contributed by atoms with Gasteiger partial charge in [0.15, 0.2) is 12.2 Å². The van der Waals surface area contributed by atoms with Crippen LogP contribution in [0.25, 0.3) is 0 Å². The third-order valence-electron chi connectivity index (χ3n) is 16.8. The molecular formula is C75H142O17P2. The van der Waals surface area contributed by atoms with Gasteiger partial charge in [-0.05, 0) is 69.1 Å². The molecule has 0 aromatic heterocycles. The largest absolute Gasteiger partial charge is 0.472 e. The molecule has 0 aromatic rings. The molecule has 0 aliphatic carbocycles. The molecule has 0 rings (SSSR count). The predicted octanol–water partition coefficient (Wildman–Crippen LogP) is 21.3. The number of phosphoric acid groups is 2. The highest BCUT2D eigenvalue weighted by Crippen LogP contribution is 2.45. The van der Waals surface area contributed by atoms with E-state index in [1.54, 1.807) is 0 Å². The lowest BCUT2D eigenvalue weighted by atomic mass is 10.0. The summed E-state index contributed by atoms with van der Waals surface area (Å²) >= 11 is 0. The highest BCUT2D eigenvalue weighted by Gasteiger charge is 2.30. The molecule has 0 heterocycles. The van der Waals surface area contributed by atoms with Crippen molar-refractivity contribution in [3.63, 3.8) is 0 Å². The molecule has 3 unspecified atom stereocenters. The number of hydrogen-bond acceptors (Lipinski definition) is 15. The molecular weight excluding hydrogens is 1230 g/mol. The highest BCUT2D eigenvalue weighted by atomic mass is 31.2. The molecule has 0 saturated carbocycles. The Bertz CT molecular complexity index is 1930. The van der Waals surface area contributed by atoms with Gasteiger partial charge < -0.3 is 33.8 Å². The number of unbranched alkanes of at least 4 members (excludes halogenated alkanes) is 36. The van der Waals surface area contributed by atoms with Crippen LogP contribution >= 0.6 is 15.6 Å². The van der Waals surface area contributed by atoms with Gasteiger partial charge >= 0.3 is 39.5 Å². The molecule has 0 amide bonds. The molecule has 5 atom stereocenters. The van der Waals surface area contributed by atoms with Crippen molar-refractivity contribution in [1.29, 1.82) is 0 Å². The third-order valence-corrected chi connectivity index (χ3v) is 18.7. The molecule has 19 heteroatoms. The number of hydrogen-bond donors (Lipinski definition) is 3. The minimum Gasteiger partial charge on any atom is -0.462 e. The zero-order valence-electron chi connectivity index (χ0n) is 60.9. The summed E-state index contributed by atoms with van der Waals surface area (Å²) in [5.74, 6) is 0.0875. The first-order valence-corrected chi connectivity index (χ1v) is 41.2. The molecule has 94 heavy (non-hydrogen) atoms. The maximum absolute atomic E-state index is 13.1. The maximum Gasteiger partial charge on any atom is 0.472 e. The highest BCUT2D eigenvalue weighted by molar-refractivity contribution is 7.47. The topological polar surface area (TPSA) is 237 Å². The Kier molecular flexibility index (Phi) is 63.5. The van der Waals surface area contributed by atoms with E-state index in [4.69, 9.17) is 37.0 Å². The lowest BCUT2D eigenvalue weighted by molar-refractivity contribution is -0.161. The van der Waals surface area contributed by atoms with E-state index in [9.17, 15) is 43.2 Å². The molecule has 0 saturated heterocycles. The van der Waals surface area contributed by atoms with E-state index in [0.29, 0.717) is 31.6 Å². The van der Waals surface area contributed by atoms with Crippen LogP contribution in [0.15, 0.2) is 24.3 Å². The summed E-state index contributed by atoms with van der Waals surface area (Å²) in [5.41, 5.74) is 0. The Morgan fingerprint density at radius 3 is 0.862 bits per heavy atom. The lowest BCUT2D eigenvalue weighted by Crippen LogP contribution is -2.30. The van der Waals surface area contributed by atoms with Crippen molar-refractivity contribution in [2.75, 3.05) is 39.6 Å². The van der Waals surface area contributed by atoms with E-state index in [0.717, 1.165) is 127 Å². The third kappa shape index (κ3) is 68.1. The number of aliphatic hydroxyl groups excluding tert-OH is 1. The fraction of sp³-hybridized carbons (Fsp3) is 0.893. The lowest BCUT2D eigenvalue weighted by Gasteiger charge is -2.21. The monoisotopic (exact) mass is 1380 g/mol. The number of rotatable bonds is 71. The number of allylic oxidation sites excluding steroid dienone is 4. The molecule has 0 aliphatic rings. The van der Waals surface area contributed by atoms with Crippen LogP contribution in [0.4, 0.5) is 0 Å². The Labute approximate surface area is 573 Å². The minimum atomic E-state index is -4.96. The zero-order valence-corrected chi connectivity index (χ0v) is 62.7. The maximum atomic E-state index is 13.1. The van der Waals surface area contributed by atoms with Gasteiger partial charge in [0.05, 0.1) is 26.4 Å². The van der Waals surface area contributed by atoms with E-state index < -0.39 is 97.5 Å². The Balaban J connectivity index is 5.29. The number of carbonyl (C=O) groups excluding carboxylic acids is 4. The van der Waals surface area contributed by atoms with Crippen molar-refractivity contribution in [3.8, 4) is 0 Å². The summed E-state index contributed by atoms with van der Waals surface area (Å²) in [6, 6.07) is 0. The smallest absolute Gasteiger partial charge is 0.462 e. The van der Waals surface area contributed by atoms with Crippen molar-refractivity contribution in [1.82, 2.24) is 0 Å². The summed E-state index contributed by atoms with van der Waals surface area (Å²) in [4.78, 5) is 72.7. The molecule has 0 aliphatic heterocycles. The van der Waals surface area contributed by atoms with Crippen molar-refractivity contribution in [3.05, 3.63) is 24.3 Å². The summed E-state index contributed by atoms with van der Waals surface area (Å²) < 4.78 is 68.4. The van der Waals surface area contributed by atoms with E-state index in [1.807, 2.05) is 0 Å². The molecule has 0 spiro atoms. The molecule has 0 radical (unpaired) electrons. The minimum absolute atomic E-state index is 0.0999. The van der Waals surface area contributed by atoms with Crippen LogP contribution in [0.3, 0.4) is 0 Å². The van der Waals surface area contributed by atoms with Crippen LogP contribution in [0, 0.1) is 17.8 Å². The molecule has 0 fully saturated rings. The van der Waals surface area contributed by atoms with Gasteiger partial charge in [0, 0.05) is 25.7 Å². The number of esters is 4. The van der Waals surface area contributed by atoms with Gasteiger partial charge in [-0.3, -0.25) is 37.3 Å². The van der Waals surface area contributed by atoms with E-state index in [-0.39, 0.29) is 25.7 Å². The molecule has 17 nitrogen and oxygen atoms in total. The van der Waals surface area contributed by atoms with Gasteiger partial charge in [0.2, 0.25) is 0 Å². The van der Waals surface area contributed by atoms with E-state index >= 15 is 0 Å². The number of aliphatic hydroxyl groups is 1. The Morgan fingerprint density at radius 2 is 0.574 bits per heavy atom. The van der Waals surface area contributed by atoms with Crippen LogP contribution in [0.2, 0.25) is 0 Å². The SMILES string of the molecule is CCCCCC/C=C\C=C/CCCCCCCC(=O)OC[C@H](COP(=O)(O)OCC(O)COP(=O)(O)OC[C@@H](COC(=O)CCCCCCCCCC(C)C)OC(=O)CCCCCCCCCCCCC(C)C)OC(=O)CCCCCCCCCCCCCCCC(C)C. The second-order valence-corrected chi connectivity index (χ2v) is 30.7. The predicted molar refractivity (Wildman–Crippen MR) is 381 cm³/mol. The summed E-state index contributed by atoms with van der Waals surface area (Å²) in [5, 5.41) is 10.6. The molecule has 0 aromatic carbocycles. The van der Waals surface area contributed by atoms with Crippen LogP contribution in [-0.4, -0.2) is 96.7 Å². The summed E-state index contributed by atoms with van der Waals surface area (Å²) in [6.07, 6.45) is 53.6. The van der Waals surface area contributed by atoms with Crippen LogP contribution in [0.1, 0.15) is 357 Å². The van der Waals surface area contributed by atoms with Gasteiger partial charge in [-0.2, -0.15) is 0 Å². The van der Waals surface area contributed by atoms with Crippen molar-refractivity contribution in [2.45, 2.75) is 375 Å². The molecule has 0 bridgehead atoms. The van der Waals surface area contributed by atoms with Crippen LogP contribution in [0.5, 0.6) is 0 Å². The van der Waals surface area contributed by atoms with Crippen LogP contribution < -0.4 is 0 Å². The van der Waals surface area contributed by atoms with Gasteiger partial charge in [-0.1, -0.05) is 304 Å². The molecule has 554 valence electrons. The van der Waals surface area contributed by atoms with Crippen molar-refractivity contribution >= 4 is 39.5 Å². The first-order valence-electron chi connectivity index (χ1n) is 38.2. The summed E-state index contributed by atoms with van der Waals surface area (Å²) in [6.45, 7) is 11.8. The van der Waals surface area contributed by atoms with E-state index in [2.05, 4.69) is 72.8 Å². The average molecular weight is 1380 g/mol. The van der Waals surface area contributed by atoms with Gasteiger partial charge in [0.1, 0.15) is 19.3 Å².